The van der Waals surface area contributed by atoms with Gasteiger partial charge in [-0.15, -0.1) is 23.2 Å². The average Bonchev–Trinajstić information content (AvgIpc) is 3.32. The van der Waals surface area contributed by atoms with Crippen molar-refractivity contribution < 1.29 is 124 Å². The number of aryl methyl sites for hydroxylation is 4. The second kappa shape index (κ2) is 53.8. The van der Waals surface area contributed by atoms with E-state index >= 15 is 0 Å². The molecule has 2 rings (SSSR count). The number of unbranched alkanes of at least 4 members (excludes halogenated alkanes) is 14. The van der Waals surface area contributed by atoms with Gasteiger partial charge in [-0.1, -0.05) is 140 Å². The van der Waals surface area contributed by atoms with E-state index in [1.54, 1.807) is 0 Å². The Bertz CT molecular complexity index is 1530. The monoisotopic (exact) mass is 1200 g/mol. The van der Waals surface area contributed by atoms with Gasteiger partial charge in [0.25, 0.3) is 0 Å². The molecule has 0 atom stereocenters. The molecule has 0 saturated heterocycles. The molecule has 0 aliphatic rings. The number of Topliss-reactive ketones (excluding diaryl/α,β-unsaturated/α-hetero) is 2. The Morgan fingerprint density at radius 3 is 0.946 bits per heavy atom. The van der Waals surface area contributed by atoms with Gasteiger partial charge in [0.15, 0.2) is 11.6 Å². The molecule has 0 spiro atoms. The van der Waals surface area contributed by atoms with Crippen LogP contribution in [0.25, 0.3) is 0 Å². The first kappa shape index (κ1) is 84.1. The molecule has 0 aliphatic heterocycles. The number of carbonyl (C=O) groups excluding carboxylic acids is 4. The SMILES string of the molecule is CCCCCCCCCCOC(=O)OCC[N+](CC)(CC)CC(=O)Cc1c(C)cccc1C.CCCCCCCCCCOC(=O)OCC[N+](CC)(CC)CC(=O)Cc1c(C)cccc1C.ClCCl.[Br-].[Cl-].[Cl-].[Na+].[OH-]. The van der Waals surface area contributed by atoms with Crippen LogP contribution in [0.15, 0.2) is 36.4 Å². The number of halogens is 5. The number of nitrogens with zero attached hydrogens (tertiary/aromatic N) is 2. The molecule has 0 aromatic heterocycles. The zero-order valence-electron chi connectivity index (χ0n) is 47.9. The zero-order chi connectivity index (χ0) is 51.8. The van der Waals surface area contributed by atoms with Crippen LogP contribution in [0, 0.1) is 27.7 Å². The van der Waals surface area contributed by atoms with Gasteiger partial charge in [0.2, 0.25) is 0 Å². The first-order valence-corrected chi connectivity index (χ1v) is 27.8. The topological polar surface area (TPSA) is 135 Å². The van der Waals surface area contributed by atoms with Crippen molar-refractivity contribution in [2.24, 2.45) is 0 Å². The van der Waals surface area contributed by atoms with Crippen LogP contribution in [0.4, 0.5) is 9.59 Å². The van der Waals surface area contributed by atoms with Crippen LogP contribution in [0.3, 0.4) is 0 Å². The maximum Gasteiger partial charge on any atom is 1.00 e. The van der Waals surface area contributed by atoms with Gasteiger partial charge in [0.1, 0.15) is 39.4 Å². The minimum atomic E-state index is -0.592. The fourth-order valence-corrected chi connectivity index (χ4v) is 8.71. The van der Waals surface area contributed by atoms with Crippen LogP contribution < -0.4 is 71.4 Å². The number of carbonyl (C=O) groups is 4. The molecule has 1 N–H and O–H groups in total. The molecule has 0 heterocycles. The molecule has 2 aromatic carbocycles. The molecule has 428 valence electrons. The zero-order valence-corrected chi connectivity index (χ0v) is 54.5. The molecule has 0 saturated carbocycles. The quantitative estimate of drug-likeness (QED) is 0.0332. The summed E-state index contributed by atoms with van der Waals surface area (Å²) in [6, 6.07) is 12.3. The van der Waals surface area contributed by atoms with E-state index in [1.165, 1.54) is 77.0 Å². The van der Waals surface area contributed by atoms with Crippen LogP contribution in [-0.2, 0) is 41.4 Å². The van der Waals surface area contributed by atoms with E-state index < -0.39 is 12.3 Å². The van der Waals surface area contributed by atoms with E-state index in [2.05, 4.69) is 93.5 Å². The third kappa shape index (κ3) is 40.1. The number of quaternary nitrogens is 2. The van der Waals surface area contributed by atoms with Crippen molar-refractivity contribution in [2.45, 2.75) is 185 Å². The summed E-state index contributed by atoms with van der Waals surface area (Å²) in [6.45, 7) is 27.9. The van der Waals surface area contributed by atoms with Gasteiger partial charge in [0.05, 0.1) is 44.7 Å². The molecule has 0 aliphatic carbocycles. The maximum atomic E-state index is 12.9. The molecule has 0 radical (unpaired) electrons. The summed E-state index contributed by atoms with van der Waals surface area (Å²) in [5.41, 5.74) is 6.92. The predicted molar refractivity (Wildman–Crippen MR) is 290 cm³/mol. The Morgan fingerprint density at radius 1 is 0.446 bits per heavy atom. The molecule has 0 bridgehead atoms. The summed E-state index contributed by atoms with van der Waals surface area (Å²) >= 11 is 9.53. The van der Waals surface area contributed by atoms with Crippen molar-refractivity contribution in [3.8, 4) is 0 Å². The summed E-state index contributed by atoms with van der Waals surface area (Å²) in [6.07, 6.45) is 19.1. The number of likely N-dealkylation sites (N-methyl/N-ethyl adjacent to an activating group) is 2. The third-order valence-electron chi connectivity index (χ3n) is 13.8. The fraction of sp³-hybridized carbons (Fsp3) is 0.719. The molecule has 2 aromatic rings. The minimum absolute atomic E-state index is 0. The van der Waals surface area contributed by atoms with Gasteiger partial charge >= 0.3 is 41.9 Å². The molecule has 0 amide bonds. The van der Waals surface area contributed by atoms with Crippen molar-refractivity contribution in [3.63, 3.8) is 0 Å². The molecule has 0 fully saturated rings. The molecule has 74 heavy (non-hydrogen) atoms. The van der Waals surface area contributed by atoms with Gasteiger partial charge in [-0.3, -0.25) is 9.59 Å². The third-order valence-corrected chi connectivity index (χ3v) is 13.8. The van der Waals surface area contributed by atoms with E-state index in [0.717, 1.165) is 85.2 Å². The van der Waals surface area contributed by atoms with Crippen LogP contribution >= 0.6 is 23.2 Å². The molecule has 17 heteroatoms. The van der Waals surface area contributed by atoms with E-state index in [0.29, 0.717) is 61.2 Å². The molecular weight excluding hydrogens is 1100 g/mol. The van der Waals surface area contributed by atoms with Crippen molar-refractivity contribution in [3.05, 3.63) is 69.8 Å². The van der Waals surface area contributed by atoms with Gasteiger partial charge < -0.3 is 75.2 Å². The van der Waals surface area contributed by atoms with Gasteiger partial charge in [-0.25, -0.2) is 9.59 Å². The Labute approximate surface area is 505 Å². The standard InChI is InChI=1S/2C28H48NO4.CH2Cl2.BrH.2ClH.Na.H2O/c2*1-6-9-10-11-12-13-14-15-20-32-28(31)33-21-19-29(7-2,8-3)23-26(30)22-27-24(4)17-16-18-25(27)5;2-1-3;;;;;/h2*16-18H,6-15,19-23H2,1-5H3;1H2;3*1H;;1H2/q2*+1;;;;;+1;/p-4. The summed E-state index contributed by atoms with van der Waals surface area (Å²) in [5.74, 6) is 0.460. The average molecular weight is 1200 g/mol. The summed E-state index contributed by atoms with van der Waals surface area (Å²) in [4.78, 5) is 49.7. The predicted octanol–water partition coefficient (Wildman–Crippen LogP) is 2.39. The number of hydrogen-bond donors (Lipinski definition) is 0. The smallest absolute Gasteiger partial charge is 1.00 e. The van der Waals surface area contributed by atoms with E-state index in [1.807, 2.05) is 12.1 Å². The Morgan fingerprint density at radius 2 is 0.689 bits per heavy atom. The van der Waals surface area contributed by atoms with Gasteiger partial charge in [-0.05, 0) is 102 Å². The number of rotatable bonds is 36. The Balaban J connectivity index is -0.000000278. The molecule has 11 nitrogen and oxygen atoms in total. The number of hydrogen-bond acceptors (Lipinski definition) is 9. The second-order valence-electron chi connectivity index (χ2n) is 18.8. The van der Waals surface area contributed by atoms with Crippen molar-refractivity contribution in [1.29, 1.82) is 0 Å². The van der Waals surface area contributed by atoms with E-state index in [4.69, 9.17) is 42.1 Å². The summed E-state index contributed by atoms with van der Waals surface area (Å²) in [7, 11) is 0. The van der Waals surface area contributed by atoms with Crippen LogP contribution in [0.2, 0.25) is 0 Å². The van der Waals surface area contributed by atoms with Gasteiger partial charge in [0, 0.05) is 12.8 Å². The Hall–Kier alpha value is -1.16. The minimum Gasteiger partial charge on any atom is -1.00 e. The van der Waals surface area contributed by atoms with Crippen molar-refractivity contribution >= 4 is 47.1 Å². The van der Waals surface area contributed by atoms with Gasteiger partial charge in [-0.2, -0.15) is 0 Å². The van der Waals surface area contributed by atoms with E-state index in [-0.39, 0.29) is 107 Å². The number of ketones is 2. The summed E-state index contributed by atoms with van der Waals surface area (Å²) < 4.78 is 22.3. The summed E-state index contributed by atoms with van der Waals surface area (Å²) in [5, 5.41) is 0.194. The first-order valence-electron chi connectivity index (χ1n) is 26.7. The van der Waals surface area contributed by atoms with Crippen molar-refractivity contribution in [1.82, 2.24) is 0 Å². The van der Waals surface area contributed by atoms with E-state index in [9.17, 15) is 19.2 Å². The van der Waals surface area contributed by atoms with Crippen LogP contribution in [-0.4, -0.2) is 122 Å². The van der Waals surface area contributed by atoms with Crippen LogP contribution in [0.1, 0.15) is 178 Å². The molecular formula is C57H99BrCl4N2NaO9-. The number of alkyl halides is 2. The number of benzene rings is 2. The first-order chi connectivity index (χ1) is 33.2. The molecule has 0 unspecified atom stereocenters. The fourth-order valence-electron chi connectivity index (χ4n) is 8.71. The second-order valence-corrected chi connectivity index (χ2v) is 19.6. The largest absolute Gasteiger partial charge is 1.00 e. The number of ether oxygens (including phenoxy) is 4. The Kier molecular flexibility index (Phi) is 61.2. The van der Waals surface area contributed by atoms with Crippen molar-refractivity contribution in [2.75, 3.05) is 84.1 Å². The van der Waals surface area contributed by atoms with Crippen LogP contribution in [0.5, 0.6) is 0 Å². The maximum absolute atomic E-state index is 12.9. The normalized spacial score (nSPS) is 10.4.